The lowest BCUT2D eigenvalue weighted by molar-refractivity contribution is 0.396. The lowest BCUT2D eigenvalue weighted by atomic mass is 10.0. The first-order valence-electron chi connectivity index (χ1n) is 6.41. The van der Waals surface area contributed by atoms with Gasteiger partial charge in [0.15, 0.2) is 0 Å². The smallest absolute Gasteiger partial charge is 0.276 e. The molecule has 2 rings (SSSR count). The highest BCUT2D eigenvalue weighted by molar-refractivity contribution is 7.99. The Labute approximate surface area is 117 Å². The van der Waals surface area contributed by atoms with Gasteiger partial charge in [0.05, 0.1) is 0 Å². The number of aromatic nitrogens is 5. The number of hydrogen-bond acceptors (Lipinski definition) is 6. The van der Waals surface area contributed by atoms with Crippen molar-refractivity contribution in [3.8, 4) is 0 Å². The Hall–Kier alpha value is -1.37. The first-order chi connectivity index (χ1) is 9.13. The molecule has 0 radical (unpaired) electrons. The fourth-order valence-corrected chi connectivity index (χ4v) is 2.72. The fraction of sp³-hybridized carbons (Fsp3) is 0.667. The van der Waals surface area contributed by atoms with Crippen LogP contribution in [-0.2, 0) is 6.54 Å². The predicted octanol–water partition coefficient (Wildman–Crippen LogP) is 2.48. The molecule has 0 spiro atoms. The van der Waals surface area contributed by atoms with E-state index in [9.17, 15) is 0 Å². The third kappa shape index (κ3) is 4.66. The first kappa shape index (κ1) is 14.0. The average molecular weight is 281 g/mol. The van der Waals surface area contributed by atoms with Crippen LogP contribution in [0, 0.1) is 11.8 Å². The normalized spacial score (nSPS) is 13.1. The number of rotatable bonds is 7. The van der Waals surface area contributed by atoms with Crippen molar-refractivity contribution in [1.29, 1.82) is 0 Å². The van der Waals surface area contributed by atoms with Gasteiger partial charge in [-0.15, -0.1) is 10.2 Å². The predicted molar refractivity (Wildman–Crippen MR) is 72.8 cm³/mol. The van der Waals surface area contributed by atoms with Gasteiger partial charge in [-0.2, -0.15) is 5.10 Å². The number of hydrogen-bond donors (Lipinski definition) is 0. The standard InChI is InChI=1S/C12H19N5OS/c1-9(2)4-10(3)6-19-12-16-15-11(18-12)5-17-8-13-7-14-17/h7-10H,4-6H2,1-3H3/t10-/m1/s1. The van der Waals surface area contributed by atoms with Gasteiger partial charge in [0.1, 0.15) is 19.2 Å². The molecule has 0 aliphatic carbocycles. The van der Waals surface area contributed by atoms with Crippen LogP contribution >= 0.6 is 11.8 Å². The van der Waals surface area contributed by atoms with Crippen LogP contribution in [0.25, 0.3) is 0 Å². The summed E-state index contributed by atoms with van der Waals surface area (Å²) in [4.78, 5) is 3.87. The van der Waals surface area contributed by atoms with Gasteiger partial charge in [0, 0.05) is 5.75 Å². The zero-order chi connectivity index (χ0) is 13.7. The van der Waals surface area contributed by atoms with E-state index in [4.69, 9.17) is 4.42 Å². The minimum Gasteiger partial charge on any atom is -0.414 e. The van der Waals surface area contributed by atoms with Crippen molar-refractivity contribution in [2.45, 2.75) is 39.0 Å². The van der Waals surface area contributed by atoms with Crippen LogP contribution in [0.4, 0.5) is 0 Å². The van der Waals surface area contributed by atoms with Crippen LogP contribution < -0.4 is 0 Å². The summed E-state index contributed by atoms with van der Waals surface area (Å²) < 4.78 is 7.22. The molecule has 2 heterocycles. The van der Waals surface area contributed by atoms with E-state index in [1.807, 2.05) is 0 Å². The molecule has 104 valence electrons. The molecule has 0 saturated carbocycles. The van der Waals surface area contributed by atoms with Crippen LogP contribution in [0.15, 0.2) is 22.3 Å². The Morgan fingerprint density at radius 3 is 2.84 bits per heavy atom. The number of nitrogens with zero attached hydrogens (tertiary/aromatic N) is 5. The summed E-state index contributed by atoms with van der Waals surface area (Å²) in [5.74, 6) is 2.93. The molecule has 0 saturated heterocycles. The summed E-state index contributed by atoms with van der Waals surface area (Å²) in [5.41, 5.74) is 0. The van der Waals surface area contributed by atoms with E-state index >= 15 is 0 Å². The molecule has 0 amide bonds. The quantitative estimate of drug-likeness (QED) is 0.726. The largest absolute Gasteiger partial charge is 0.414 e. The van der Waals surface area contributed by atoms with Crippen molar-refractivity contribution in [3.05, 3.63) is 18.5 Å². The molecule has 7 heteroatoms. The van der Waals surface area contributed by atoms with Crippen LogP contribution in [0.1, 0.15) is 33.1 Å². The van der Waals surface area contributed by atoms with E-state index in [-0.39, 0.29) is 0 Å². The Bertz CT molecular complexity index is 482. The maximum atomic E-state index is 5.56. The third-order valence-corrected chi connectivity index (χ3v) is 3.72. The molecule has 2 aromatic heterocycles. The zero-order valence-corrected chi connectivity index (χ0v) is 12.3. The Balaban J connectivity index is 1.80. The molecule has 0 fully saturated rings. The van der Waals surface area contributed by atoms with E-state index < -0.39 is 0 Å². The second-order valence-electron chi connectivity index (χ2n) is 5.10. The summed E-state index contributed by atoms with van der Waals surface area (Å²) in [7, 11) is 0. The van der Waals surface area contributed by atoms with E-state index in [1.54, 1.807) is 22.8 Å². The lowest BCUT2D eigenvalue weighted by Gasteiger charge is -2.11. The van der Waals surface area contributed by atoms with Gasteiger partial charge < -0.3 is 4.42 Å². The molecule has 0 aliphatic rings. The van der Waals surface area contributed by atoms with Gasteiger partial charge in [-0.25, -0.2) is 9.67 Å². The van der Waals surface area contributed by atoms with E-state index in [0.29, 0.717) is 23.6 Å². The second-order valence-corrected chi connectivity index (χ2v) is 6.07. The highest BCUT2D eigenvalue weighted by Crippen LogP contribution is 2.22. The molecular formula is C12H19N5OS. The van der Waals surface area contributed by atoms with Gasteiger partial charge in [-0.05, 0) is 18.3 Å². The minimum atomic E-state index is 0.467. The zero-order valence-electron chi connectivity index (χ0n) is 11.5. The molecule has 1 atom stereocenters. The Kier molecular flexibility index (Phi) is 4.95. The molecule has 0 aliphatic heterocycles. The summed E-state index contributed by atoms with van der Waals surface area (Å²) in [6, 6.07) is 0. The number of thioether (sulfide) groups is 1. The fourth-order valence-electron chi connectivity index (χ4n) is 1.90. The summed E-state index contributed by atoms with van der Waals surface area (Å²) >= 11 is 1.62. The summed E-state index contributed by atoms with van der Waals surface area (Å²) in [5, 5.41) is 12.7. The Morgan fingerprint density at radius 2 is 2.16 bits per heavy atom. The van der Waals surface area contributed by atoms with Gasteiger partial charge in [-0.3, -0.25) is 0 Å². The minimum absolute atomic E-state index is 0.467. The van der Waals surface area contributed by atoms with Crippen LogP contribution in [0.3, 0.4) is 0 Å². The van der Waals surface area contributed by atoms with Crippen LogP contribution in [0.2, 0.25) is 0 Å². The molecular weight excluding hydrogens is 262 g/mol. The molecule has 0 aromatic carbocycles. The summed E-state index contributed by atoms with van der Waals surface area (Å²) in [6.45, 7) is 7.20. The van der Waals surface area contributed by atoms with Crippen molar-refractivity contribution in [2.24, 2.45) is 11.8 Å². The third-order valence-electron chi connectivity index (χ3n) is 2.58. The average Bonchev–Trinajstić information content (AvgIpc) is 2.98. The van der Waals surface area contributed by atoms with Gasteiger partial charge in [0.25, 0.3) is 5.22 Å². The molecule has 6 nitrogen and oxygen atoms in total. The Morgan fingerprint density at radius 1 is 1.32 bits per heavy atom. The van der Waals surface area contributed by atoms with Crippen molar-refractivity contribution in [1.82, 2.24) is 25.0 Å². The van der Waals surface area contributed by atoms with Crippen molar-refractivity contribution < 1.29 is 4.42 Å². The molecule has 0 unspecified atom stereocenters. The SMILES string of the molecule is CC(C)C[C@@H](C)CSc1nnc(Cn2cncn2)o1. The molecule has 19 heavy (non-hydrogen) atoms. The van der Waals surface area contributed by atoms with Gasteiger partial charge in [0.2, 0.25) is 5.89 Å². The van der Waals surface area contributed by atoms with Crippen molar-refractivity contribution in [2.75, 3.05) is 5.75 Å². The maximum absolute atomic E-state index is 5.56. The highest BCUT2D eigenvalue weighted by atomic mass is 32.2. The van der Waals surface area contributed by atoms with Gasteiger partial charge in [-0.1, -0.05) is 32.5 Å². The molecule has 0 bridgehead atoms. The van der Waals surface area contributed by atoms with E-state index in [2.05, 4.69) is 41.1 Å². The molecule has 0 N–H and O–H groups in total. The topological polar surface area (TPSA) is 69.6 Å². The highest BCUT2D eigenvalue weighted by Gasteiger charge is 2.11. The maximum Gasteiger partial charge on any atom is 0.276 e. The van der Waals surface area contributed by atoms with Gasteiger partial charge >= 0.3 is 0 Å². The van der Waals surface area contributed by atoms with E-state index in [1.165, 1.54) is 12.7 Å². The van der Waals surface area contributed by atoms with E-state index in [0.717, 1.165) is 11.7 Å². The first-order valence-corrected chi connectivity index (χ1v) is 7.39. The van der Waals surface area contributed by atoms with Crippen molar-refractivity contribution in [3.63, 3.8) is 0 Å². The molecule has 2 aromatic rings. The summed E-state index contributed by atoms with van der Waals surface area (Å²) in [6.07, 6.45) is 4.33. The van der Waals surface area contributed by atoms with Crippen LogP contribution in [0.5, 0.6) is 0 Å². The second kappa shape index (κ2) is 6.70. The van der Waals surface area contributed by atoms with Crippen LogP contribution in [-0.4, -0.2) is 30.7 Å². The van der Waals surface area contributed by atoms with Crippen molar-refractivity contribution >= 4 is 11.8 Å². The lowest BCUT2D eigenvalue weighted by Crippen LogP contribution is -2.02. The monoisotopic (exact) mass is 281 g/mol.